The molecular weight excluding hydrogens is 284 g/mol. The fourth-order valence-corrected chi connectivity index (χ4v) is 2.20. The van der Waals surface area contributed by atoms with Crippen LogP contribution in [0.5, 0.6) is 0 Å². The van der Waals surface area contributed by atoms with E-state index in [4.69, 9.17) is 9.62 Å². The summed E-state index contributed by atoms with van der Waals surface area (Å²) in [6.07, 6.45) is 3.69. The number of rotatable bonds is 8. The molecule has 1 aromatic heterocycles. The summed E-state index contributed by atoms with van der Waals surface area (Å²) < 4.78 is 5.48. The van der Waals surface area contributed by atoms with E-state index in [-0.39, 0.29) is 11.8 Å². The molecule has 2 rings (SSSR count). The number of hydrogen-bond acceptors (Lipinski definition) is 4. The topological polar surface area (TPSA) is 91.6 Å². The second kappa shape index (κ2) is 8.19. The zero-order valence-corrected chi connectivity index (χ0v) is 12.3. The lowest BCUT2D eigenvalue weighted by Crippen LogP contribution is -2.23. The Bertz CT molecular complexity index is 603. The SMILES string of the molecule is O=C(CCCCCCNC(=O)c1cc2ccccc2o1)NO. The van der Waals surface area contributed by atoms with E-state index >= 15 is 0 Å². The van der Waals surface area contributed by atoms with Crippen LogP contribution in [0.15, 0.2) is 34.7 Å². The van der Waals surface area contributed by atoms with Crippen molar-refractivity contribution in [1.82, 2.24) is 10.8 Å². The molecule has 0 saturated carbocycles. The molecule has 118 valence electrons. The third kappa shape index (κ3) is 4.60. The Balaban J connectivity index is 1.64. The summed E-state index contributed by atoms with van der Waals surface area (Å²) in [4.78, 5) is 22.7. The van der Waals surface area contributed by atoms with Gasteiger partial charge in [0.15, 0.2) is 5.76 Å². The van der Waals surface area contributed by atoms with Crippen molar-refractivity contribution < 1.29 is 19.2 Å². The van der Waals surface area contributed by atoms with Crippen LogP contribution in [0.2, 0.25) is 0 Å². The molecule has 22 heavy (non-hydrogen) atoms. The minimum Gasteiger partial charge on any atom is -0.451 e. The second-order valence-electron chi connectivity index (χ2n) is 5.10. The summed E-state index contributed by atoms with van der Waals surface area (Å²) in [5.74, 6) is -0.255. The third-order valence-electron chi connectivity index (χ3n) is 3.39. The lowest BCUT2D eigenvalue weighted by atomic mass is 10.1. The van der Waals surface area contributed by atoms with Gasteiger partial charge in [-0.15, -0.1) is 0 Å². The highest BCUT2D eigenvalue weighted by Gasteiger charge is 2.10. The maximum Gasteiger partial charge on any atom is 0.287 e. The van der Waals surface area contributed by atoms with E-state index in [2.05, 4.69) is 5.32 Å². The lowest BCUT2D eigenvalue weighted by molar-refractivity contribution is -0.129. The number of carbonyl (C=O) groups is 2. The fourth-order valence-electron chi connectivity index (χ4n) is 2.20. The zero-order valence-electron chi connectivity index (χ0n) is 12.3. The quantitative estimate of drug-likeness (QED) is 0.397. The second-order valence-corrected chi connectivity index (χ2v) is 5.10. The van der Waals surface area contributed by atoms with Gasteiger partial charge < -0.3 is 9.73 Å². The minimum atomic E-state index is -0.363. The van der Waals surface area contributed by atoms with E-state index in [9.17, 15) is 9.59 Å². The normalized spacial score (nSPS) is 10.6. The molecule has 0 atom stereocenters. The van der Waals surface area contributed by atoms with Gasteiger partial charge in [0.05, 0.1) is 0 Å². The molecule has 2 amide bonds. The molecule has 1 heterocycles. The maximum absolute atomic E-state index is 11.9. The van der Waals surface area contributed by atoms with Crippen molar-refractivity contribution in [3.8, 4) is 0 Å². The molecule has 1 aromatic carbocycles. The van der Waals surface area contributed by atoms with Gasteiger partial charge in [0.25, 0.3) is 5.91 Å². The van der Waals surface area contributed by atoms with Gasteiger partial charge in [-0.2, -0.15) is 0 Å². The zero-order chi connectivity index (χ0) is 15.8. The van der Waals surface area contributed by atoms with Crippen LogP contribution in [-0.2, 0) is 4.79 Å². The molecule has 3 N–H and O–H groups in total. The Morgan fingerprint density at radius 1 is 1.09 bits per heavy atom. The van der Waals surface area contributed by atoms with Gasteiger partial charge in [0.2, 0.25) is 5.91 Å². The highest BCUT2D eigenvalue weighted by atomic mass is 16.5. The number of fused-ring (bicyclic) bond motifs is 1. The fraction of sp³-hybridized carbons (Fsp3) is 0.375. The third-order valence-corrected chi connectivity index (χ3v) is 3.39. The van der Waals surface area contributed by atoms with Gasteiger partial charge in [-0.1, -0.05) is 31.0 Å². The van der Waals surface area contributed by atoms with Crippen molar-refractivity contribution in [1.29, 1.82) is 0 Å². The number of carbonyl (C=O) groups excluding carboxylic acids is 2. The van der Waals surface area contributed by atoms with E-state index in [1.54, 1.807) is 11.5 Å². The Morgan fingerprint density at radius 2 is 1.86 bits per heavy atom. The van der Waals surface area contributed by atoms with Gasteiger partial charge in [-0.05, 0) is 25.0 Å². The van der Waals surface area contributed by atoms with E-state index in [0.29, 0.717) is 24.3 Å². The monoisotopic (exact) mass is 304 g/mol. The Kier molecular flexibility index (Phi) is 5.97. The van der Waals surface area contributed by atoms with Crippen LogP contribution in [0.25, 0.3) is 11.0 Å². The molecule has 0 saturated heterocycles. The molecule has 0 aliphatic rings. The maximum atomic E-state index is 11.9. The van der Waals surface area contributed by atoms with Gasteiger partial charge in [0, 0.05) is 18.4 Å². The average molecular weight is 304 g/mol. The van der Waals surface area contributed by atoms with Gasteiger partial charge in [0.1, 0.15) is 5.58 Å². The molecule has 0 aliphatic carbocycles. The van der Waals surface area contributed by atoms with Gasteiger partial charge >= 0.3 is 0 Å². The molecular formula is C16H20N2O4. The molecule has 0 bridgehead atoms. The molecule has 6 heteroatoms. The predicted molar refractivity (Wildman–Crippen MR) is 81.6 cm³/mol. The van der Waals surface area contributed by atoms with Crippen molar-refractivity contribution in [2.24, 2.45) is 0 Å². The summed E-state index contributed by atoms with van der Waals surface area (Å²) in [7, 11) is 0. The number of para-hydroxylation sites is 1. The van der Waals surface area contributed by atoms with Crippen molar-refractivity contribution in [3.05, 3.63) is 36.1 Å². The average Bonchev–Trinajstić information content (AvgIpc) is 2.97. The van der Waals surface area contributed by atoms with Crippen LogP contribution < -0.4 is 10.8 Å². The largest absolute Gasteiger partial charge is 0.451 e. The molecule has 0 spiro atoms. The van der Waals surface area contributed by atoms with E-state index < -0.39 is 0 Å². The van der Waals surface area contributed by atoms with Crippen LogP contribution in [-0.4, -0.2) is 23.6 Å². The number of unbranched alkanes of at least 4 members (excludes halogenated alkanes) is 3. The van der Waals surface area contributed by atoms with Crippen LogP contribution in [0.1, 0.15) is 42.7 Å². The number of amides is 2. The minimum absolute atomic E-state index is 0.212. The first kappa shape index (κ1) is 16.0. The van der Waals surface area contributed by atoms with Crippen LogP contribution in [0, 0.1) is 0 Å². The summed E-state index contributed by atoms with van der Waals surface area (Å²) in [5, 5.41) is 12.1. The Morgan fingerprint density at radius 3 is 2.64 bits per heavy atom. The summed E-state index contributed by atoms with van der Waals surface area (Å²) >= 11 is 0. The van der Waals surface area contributed by atoms with Crippen LogP contribution in [0.4, 0.5) is 0 Å². The van der Waals surface area contributed by atoms with Crippen molar-refractivity contribution in [2.45, 2.75) is 32.1 Å². The highest BCUT2D eigenvalue weighted by molar-refractivity contribution is 5.95. The number of furan rings is 1. The van der Waals surface area contributed by atoms with Crippen molar-refractivity contribution in [3.63, 3.8) is 0 Å². The highest BCUT2D eigenvalue weighted by Crippen LogP contribution is 2.18. The summed E-state index contributed by atoms with van der Waals surface area (Å²) in [6, 6.07) is 9.23. The van der Waals surface area contributed by atoms with Crippen molar-refractivity contribution >= 4 is 22.8 Å². The molecule has 0 aliphatic heterocycles. The van der Waals surface area contributed by atoms with Crippen LogP contribution in [0.3, 0.4) is 0 Å². The molecule has 6 nitrogen and oxygen atoms in total. The molecule has 0 radical (unpaired) electrons. The Hall–Kier alpha value is -2.34. The molecule has 0 fully saturated rings. The predicted octanol–water partition coefficient (Wildman–Crippen LogP) is 2.62. The smallest absolute Gasteiger partial charge is 0.287 e. The van der Waals surface area contributed by atoms with Gasteiger partial charge in [-0.25, -0.2) is 5.48 Å². The number of nitrogens with one attached hydrogen (secondary N) is 2. The number of hydrogen-bond donors (Lipinski definition) is 3. The first-order valence-corrected chi connectivity index (χ1v) is 7.40. The van der Waals surface area contributed by atoms with Gasteiger partial charge in [-0.3, -0.25) is 14.8 Å². The molecule has 2 aromatic rings. The summed E-state index contributed by atoms with van der Waals surface area (Å²) in [6.45, 7) is 0.572. The van der Waals surface area contributed by atoms with E-state index in [0.717, 1.165) is 31.1 Å². The lowest BCUT2D eigenvalue weighted by Gasteiger charge is -2.03. The Labute approximate surface area is 128 Å². The number of benzene rings is 1. The molecule has 0 unspecified atom stereocenters. The standard InChI is InChI=1S/C16H20N2O4/c19-15(18-21)9-3-1-2-6-10-17-16(20)14-11-12-7-4-5-8-13(12)22-14/h4-5,7-8,11,21H,1-3,6,9-10H2,(H,17,20)(H,18,19). The first-order chi connectivity index (χ1) is 10.7. The summed E-state index contributed by atoms with van der Waals surface area (Å²) in [5.41, 5.74) is 2.31. The number of hydroxylamine groups is 1. The van der Waals surface area contributed by atoms with E-state index in [1.807, 2.05) is 24.3 Å². The van der Waals surface area contributed by atoms with Crippen molar-refractivity contribution in [2.75, 3.05) is 6.54 Å². The van der Waals surface area contributed by atoms with E-state index in [1.165, 1.54) is 0 Å². The first-order valence-electron chi connectivity index (χ1n) is 7.40. The van der Waals surface area contributed by atoms with Crippen LogP contribution >= 0.6 is 0 Å².